The Hall–Kier alpha value is -3.36. The Labute approximate surface area is 158 Å². The van der Waals surface area contributed by atoms with E-state index in [9.17, 15) is 27.6 Å². The van der Waals surface area contributed by atoms with Crippen LogP contribution in [-0.4, -0.2) is 23.8 Å². The quantitative estimate of drug-likeness (QED) is 0.581. The molecule has 148 valence electrons. The zero-order valence-electron chi connectivity index (χ0n) is 14.7. The van der Waals surface area contributed by atoms with Gasteiger partial charge in [-0.1, -0.05) is 18.2 Å². The highest BCUT2D eigenvalue weighted by molar-refractivity contribution is 5.97. The molecule has 0 saturated heterocycles. The number of benzene rings is 2. The third kappa shape index (κ3) is 5.57. The molecular formula is C19H17F3N2O4. The Morgan fingerprint density at radius 1 is 1.07 bits per heavy atom. The van der Waals surface area contributed by atoms with Crippen molar-refractivity contribution in [3.63, 3.8) is 0 Å². The molecule has 3 N–H and O–H groups in total. The van der Waals surface area contributed by atoms with Gasteiger partial charge in [-0.3, -0.25) is 14.4 Å². The molecule has 0 heterocycles. The van der Waals surface area contributed by atoms with Gasteiger partial charge >= 0.3 is 12.1 Å². The Morgan fingerprint density at radius 3 is 2.21 bits per heavy atom. The van der Waals surface area contributed by atoms with Crippen molar-refractivity contribution < 1.29 is 32.3 Å². The van der Waals surface area contributed by atoms with Crippen LogP contribution in [-0.2, 0) is 22.2 Å². The van der Waals surface area contributed by atoms with Crippen LogP contribution in [0.5, 0.6) is 5.75 Å². The molecule has 9 heteroatoms. The number of hydrogen-bond donors (Lipinski definition) is 2. The number of primary amides is 1. The topological polar surface area (TPSA) is 98.5 Å². The number of ether oxygens (including phenoxy) is 1. The molecule has 0 aliphatic carbocycles. The minimum atomic E-state index is -4.60. The number of hydrogen-bond acceptors (Lipinski definition) is 4. The van der Waals surface area contributed by atoms with Crippen LogP contribution in [0, 0.1) is 0 Å². The zero-order valence-corrected chi connectivity index (χ0v) is 14.7. The van der Waals surface area contributed by atoms with Crippen molar-refractivity contribution in [2.75, 3.05) is 0 Å². The number of nitrogens with one attached hydrogen (secondary N) is 1. The maximum Gasteiger partial charge on any atom is 0.416 e. The van der Waals surface area contributed by atoms with Gasteiger partial charge in [0.1, 0.15) is 11.8 Å². The molecule has 1 atom stereocenters. The highest BCUT2D eigenvalue weighted by Crippen LogP contribution is 2.32. The predicted molar refractivity (Wildman–Crippen MR) is 93.3 cm³/mol. The molecule has 0 aliphatic rings. The van der Waals surface area contributed by atoms with Crippen LogP contribution in [0.1, 0.15) is 28.4 Å². The van der Waals surface area contributed by atoms with Crippen molar-refractivity contribution in [1.82, 2.24) is 5.32 Å². The van der Waals surface area contributed by atoms with Crippen molar-refractivity contribution in [3.05, 3.63) is 65.2 Å². The smallest absolute Gasteiger partial charge is 0.416 e. The molecule has 0 aliphatic heterocycles. The first kappa shape index (κ1) is 20.9. The lowest BCUT2D eigenvalue weighted by atomic mass is 9.99. The van der Waals surface area contributed by atoms with Crippen molar-refractivity contribution in [2.24, 2.45) is 5.73 Å². The van der Waals surface area contributed by atoms with Gasteiger partial charge in [-0.15, -0.1) is 0 Å². The summed E-state index contributed by atoms with van der Waals surface area (Å²) in [5, 5.41) is 2.33. The monoisotopic (exact) mass is 394 g/mol. The third-order valence-electron chi connectivity index (χ3n) is 3.77. The summed E-state index contributed by atoms with van der Waals surface area (Å²) >= 11 is 0. The number of alkyl halides is 3. The SMILES string of the molecule is CC(=O)Oc1ccc(C(=O)N[C@@H](Cc2ccccc2C(F)(F)F)C(N)=O)cc1. The summed E-state index contributed by atoms with van der Waals surface area (Å²) in [6.45, 7) is 1.22. The van der Waals surface area contributed by atoms with Gasteiger partial charge in [-0.2, -0.15) is 13.2 Å². The first-order valence-electron chi connectivity index (χ1n) is 8.11. The van der Waals surface area contributed by atoms with Gasteiger partial charge < -0.3 is 15.8 Å². The molecular weight excluding hydrogens is 377 g/mol. The van der Waals surface area contributed by atoms with Crippen LogP contribution in [0.4, 0.5) is 13.2 Å². The largest absolute Gasteiger partial charge is 0.427 e. The second-order valence-corrected chi connectivity index (χ2v) is 5.91. The molecule has 2 amide bonds. The summed E-state index contributed by atoms with van der Waals surface area (Å²) in [7, 11) is 0. The van der Waals surface area contributed by atoms with Crippen molar-refractivity contribution in [2.45, 2.75) is 25.6 Å². The van der Waals surface area contributed by atoms with Gasteiger partial charge in [-0.25, -0.2) is 0 Å². The molecule has 2 rings (SSSR count). The predicted octanol–water partition coefficient (Wildman–Crippen LogP) is 2.46. The number of carbonyl (C=O) groups excluding carboxylic acids is 3. The van der Waals surface area contributed by atoms with Crippen LogP contribution in [0.15, 0.2) is 48.5 Å². The van der Waals surface area contributed by atoms with Gasteiger partial charge in [0.2, 0.25) is 5.91 Å². The van der Waals surface area contributed by atoms with Crippen LogP contribution >= 0.6 is 0 Å². The van der Waals surface area contributed by atoms with Crippen LogP contribution < -0.4 is 15.8 Å². The third-order valence-corrected chi connectivity index (χ3v) is 3.77. The van der Waals surface area contributed by atoms with Gasteiger partial charge in [0, 0.05) is 18.9 Å². The average Bonchev–Trinajstić information content (AvgIpc) is 2.60. The zero-order chi connectivity index (χ0) is 20.9. The van der Waals surface area contributed by atoms with Gasteiger partial charge in [0.25, 0.3) is 5.91 Å². The lowest BCUT2D eigenvalue weighted by molar-refractivity contribution is -0.138. The maximum atomic E-state index is 13.1. The van der Waals surface area contributed by atoms with E-state index in [0.717, 1.165) is 6.07 Å². The second-order valence-electron chi connectivity index (χ2n) is 5.91. The lowest BCUT2D eigenvalue weighted by Crippen LogP contribution is -2.46. The standard InChI is InChI=1S/C19H17F3N2O4/c1-11(25)28-14-8-6-12(7-9-14)18(27)24-16(17(23)26)10-13-4-2-3-5-15(13)19(20,21)22/h2-9,16H,10H2,1H3,(H2,23,26)(H,24,27)/t16-/m0/s1. The van der Waals surface area contributed by atoms with E-state index in [2.05, 4.69) is 5.32 Å². The molecule has 0 aromatic heterocycles. The molecule has 2 aromatic rings. The minimum Gasteiger partial charge on any atom is -0.427 e. The van der Waals surface area contributed by atoms with E-state index < -0.39 is 42.0 Å². The van der Waals surface area contributed by atoms with E-state index >= 15 is 0 Å². The summed E-state index contributed by atoms with van der Waals surface area (Å²) in [5.74, 6) is -1.99. The molecule has 28 heavy (non-hydrogen) atoms. The first-order valence-corrected chi connectivity index (χ1v) is 8.11. The average molecular weight is 394 g/mol. The van der Waals surface area contributed by atoms with Crippen LogP contribution in [0.3, 0.4) is 0 Å². The summed E-state index contributed by atoms with van der Waals surface area (Å²) in [6.07, 6.45) is -5.02. The summed E-state index contributed by atoms with van der Waals surface area (Å²) in [4.78, 5) is 34.9. The maximum absolute atomic E-state index is 13.1. The second kappa shape index (κ2) is 8.55. The summed E-state index contributed by atoms with van der Waals surface area (Å²) in [5.41, 5.74) is 4.31. The molecule has 0 saturated carbocycles. The summed E-state index contributed by atoms with van der Waals surface area (Å²) < 4.78 is 44.2. The van der Waals surface area contributed by atoms with Gasteiger partial charge in [0.15, 0.2) is 0 Å². The number of esters is 1. The van der Waals surface area contributed by atoms with Crippen LogP contribution in [0.2, 0.25) is 0 Å². The number of carbonyl (C=O) groups is 3. The molecule has 0 spiro atoms. The fraction of sp³-hybridized carbons (Fsp3) is 0.211. The molecule has 6 nitrogen and oxygen atoms in total. The fourth-order valence-corrected chi connectivity index (χ4v) is 2.50. The van der Waals surface area contributed by atoms with Crippen molar-refractivity contribution >= 4 is 17.8 Å². The highest BCUT2D eigenvalue weighted by Gasteiger charge is 2.34. The molecule has 0 fully saturated rings. The van der Waals surface area contributed by atoms with E-state index in [1.165, 1.54) is 49.4 Å². The number of amides is 2. The van der Waals surface area contributed by atoms with Crippen molar-refractivity contribution in [1.29, 1.82) is 0 Å². The number of halogens is 3. The fourth-order valence-electron chi connectivity index (χ4n) is 2.50. The summed E-state index contributed by atoms with van der Waals surface area (Å²) in [6, 6.07) is 8.83. The van der Waals surface area contributed by atoms with E-state index in [1.54, 1.807) is 0 Å². The van der Waals surface area contributed by atoms with E-state index in [-0.39, 0.29) is 16.9 Å². The Bertz CT molecular complexity index is 879. The number of nitrogens with two attached hydrogens (primary N) is 1. The van der Waals surface area contributed by atoms with E-state index in [0.29, 0.717) is 0 Å². The van der Waals surface area contributed by atoms with E-state index in [1.807, 2.05) is 0 Å². The minimum absolute atomic E-state index is 0.117. The Morgan fingerprint density at radius 2 is 1.68 bits per heavy atom. The Kier molecular flexibility index (Phi) is 6.40. The van der Waals surface area contributed by atoms with E-state index in [4.69, 9.17) is 10.5 Å². The molecule has 2 aromatic carbocycles. The Balaban J connectivity index is 2.17. The first-order chi connectivity index (χ1) is 13.1. The molecule has 0 unspecified atom stereocenters. The van der Waals surface area contributed by atoms with Gasteiger partial charge in [-0.05, 0) is 35.9 Å². The lowest BCUT2D eigenvalue weighted by Gasteiger charge is -2.18. The molecule has 0 radical (unpaired) electrons. The van der Waals surface area contributed by atoms with Crippen molar-refractivity contribution in [3.8, 4) is 5.75 Å². The molecule has 0 bridgehead atoms. The normalized spacial score (nSPS) is 12.1. The highest BCUT2D eigenvalue weighted by atomic mass is 19.4. The van der Waals surface area contributed by atoms with Gasteiger partial charge in [0.05, 0.1) is 5.56 Å². The number of rotatable bonds is 6. The van der Waals surface area contributed by atoms with Crippen LogP contribution in [0.25, 0.3) is 0 Å².